The molecule has 0 heterocycles. The number of hydrogen-bond acceptors (Lipinski definition) is 3. The number of nitrogens with one attached hydrogen (secondary N) is 1. The van der Waals surface area contributed by atoms with Gasteiger partial charge in [0.2, 0.25) is 11.8 Å². The molecule has 0 aromatic heterocycles. The average Bonchev–Trinajstić information content (AvgIpc) is 2.41. The van der Waals surface area contributed by atoms with Gasteiger partial charge in [-0.25, -0.2) is 0 Å². The Balaban J connectivity index is 2.50. The van der Waals surface area contributed by atoms with Gasteiger partial charge in [0.1, 0.15) is 0 Å². The Hall–Kier alpha value is -1.30. The molecule has 116 valence electrons. The monoisotopic (exact) mass is 332 g/mol. The Morgan fingerprint density at radius 1 is 1.29 bits per heavy atom. The lowest BCUT2D eigenvalue weighted by molar-refractivity contribution is -0.130. The number of ether oxygens (including phenoxy) is 1. The first-order valence-corrected chi connectivity index (χ1v) is 7.19. The van der Waals surface area contributed by atoms with Gasteiger partial charge >= 0.3 is 0 Å². The summed E-state index contributed by atoms with van der Waals surface area (Å²) in [7, 11) is 1.56. The summed E-state index contributed by atoms with van der Waals surface area (Å²) in [4.78, 5) is 24.9. The van der Waals surface area contributed by atoms with E-state index in [-0.39, 0.29) is 18.2 Å². The highest BCUT2D eigenvalue weighted by Crippen LogP contribution is 2.25. The van der Waals surface area contributed by atoms with Crippen molar-refractivity contribution in [3.63, 3.8) is 0 Å². The minimum absolute atomic E-state index is 0.0932. The van der Waals surface area contributed by atoms with Gasteiger partial charge in [-0.15, -0.1) is 0 Å². The van der Waals surface area contributed by atoms with Gasteiger partial charge in [-0.2, -0.15) is 0 Å². The van der Waals surface area contributed by atoms with E-state index >= 15 is 0 Å². The molecule has 0 spiro atoms. The minimum atomic E-state index is -0.220. The van der Waals surface area contributed by atoms with Gasteiger partial charge in [0.05, 0.1) is 17.3 Å². The van der Waals surface area contributed by atoms with Crippen LogP contribution in [0.15, 0.2) is 18.2 Å². The number of hydrogen-bond donors (Lipinski definition) is 1. The molecule has 1 aromatic rings. The summed E-state index contributed by atoms with van der Waals surface area (Å²) in [5.41, 5.74) is 0.498. The van der Waals surface area contributed by atoms with Crippen LogP contribution < -0.4 is 5.32 Å². The van der Waals surface area contributed by atoms with E-state index in [1.54, 1.807) is 30.2 Å². The summed E-state index contributed by atoms with van der Waals surface area (Å²) < 4.78 is 4.93. The molecule has 0 fully saturated rings. The maximum atomic E-state index is 11.9. The minimum Gasteiger partial charge on any atom is -0.383 e. The molecule has 5 nitrogen and oxygen atoms in total. The summed E-state index contributed by atoms with van der Waals surface area (Å²) in [6, 6.07) is 4.83. The number of amides is 2. The molecule has 1 N–H and O–H groups in total. The smallest absolute Gasteiger partial charge is 0.226 e. The fraction of sp³-hybridized carbons (Fsp3) is 0.429. The van der Waals surface area contributed by atoms with Crippen molar-refractivity contribution in [2.45, 2.75) is 13.3 Å². The average molecular weight is 333 g/mol. The second-order valence-electron chi connectivity index (χ2n) is 4.42. The van der Waals surface area contributed by atoms with E-state index in [2.05, 4.69) is 5.32 Å². The Morgan fingerprint density at radius 2 is 2.00 bits per heavy atom. The van der Waals surface area contributed by atoms with Crippen molar-refractivity contribution in [2.24, 2.45) is 0 Å². The van der Waals surface area contributed by atoms with E-state index in [1.807, 2.05) is 0 Å². The van der Waals surface area contributed by atoms with E-state index in [1.165, 1.54) is 6.92 Å². The second kappa shape index (κ2) is 8.87. The number of methoxy groups -OCH3 is 1. The van der Waals surface area contributed by atoms with Gasteiger partial charge in [-0.1, -0.05) is 23.2 Å². The highest BCUT2D eigenvalue weighted by atomic mass is 35.5. The van der Waals surface area contributed by atoms with Crippen LogP contribution >= 0.6 is 23.2 Å². The molecule has 0 atom stereocenters. The van der Waals surface area contributed by atoms with E-state index in [0.29, 0.717) is 35.4 Å². The molecule has 0 bridgehead atoms. The van der Waals surface area contributed by atoms with Crippen molar-refractivity contribution in [3.05, 3.63) is 28.2 Å². The van der Waals surface area contributed by atoms with Gasteiger partial charge in [0.25, 0.3) is 0 Å². The zero-order valence-electron chi connectivity index (χ0n) is 12.0. The highest BCUT2D eigenvalue weighted by molar-refractivity contribution is 6.36. The lowest BCUT2D eigenvalue weighted by Gasteiger charge is -2.20. The van der Waals surface area contributed by atoms with Gasteiger partial charge in [0.15, 0.2) is 0 Å². The molecule has 1 aromatic carbocycles. The quantitative estimate of drug-likeness (QED) is 0.835. The number of halogens is 2. The van der Waals surface area contributed by atoms with Gasteiger partial charge < -0.3 is 15.0 Å². The summed E-state index contributed by atoms with van der Waals surface area (Å²) >= 11 is 11.8. The molecule has 0 unspecified atom stereocenters. The van der Waals surface area contributed by atoms with Crippen molar-refractivity contribution in [1.82, 2.24) is 4.90 Å². The van der Waals surface area contributed by atoms with Crippen LogP contribution in [0, 0.1) is 0 Å². The van der Waals surface area contributed by atoms with Crippen LogP contribution in [0.4, 0.5) is 5.69 Å². The van der Waals surface area contributed by atoms with E-state index in [4.69, 9.17) is 27.9 Å². The molecule has 7 heteroatoms. The molecule has 0 aliphatic rings. The van der Waals surface area contributed by atoms with Gasteiger partial charge in [-0.05, 0) is 18.2 Å². The SMILES string of the molecule is COCCN(CCC(=O)Nc1ccc(Cl)cc1Cl)C(C)=O. The standard InChI is InChI=1S/C14H18Cl2N2O3/c1-10(19)18(7-8-21-2)6-5-14(20)17-13-4-3-11(15)9-12(13)16/h3-4,9H,5-8H2,1-2H3,(H,17,20). The first-order valence-electron chi connectivity index (χ1n) is 6.43. The number of rotatable bonds is 7. The molecule has 0 saturated heterocycles. The van der Waals surface area contributed by atoms with Crippen molar-refractivity contribution in [1.29, 1.82) is 0 Å². The van der Waals surface area contributed by atoms with Crippen LogP contribution in [0.3, 0.4) is 0 Å². The molecular formula is C14H18Cl2N2O3. The first-order chi connectivity index (χ1) is 9.93. The van der Waals surface area contributed by atoms with Crippen molar-refractivity contribution < 1.29 is 14.3 Å². The third kappa shape index (κ3) is 6.33. The molecule has 0 radical (unpaired) electrons. The summed E-state index contributed by atoms with van der Waals surface area (Å²) in [5.74, 6) is -0.313. The van der Waals surface area contributed by atoms with Crippen LogP contribution in [0.5, 0.6) is 0 Å². The molecule has 21 heavy (non-hydrogen) atoms. The third-order valence-corrected chi connectivity index (χ3v) is 3.37. The number of anilines is 1. The fourth-order valence-corrected chi connectivity index (χ4v) is 2.12. The summed E-state index contributed by atoms with van der Waals surface area (Å²) in [6.07, 6.45) is 0.183. The van der Waals surface area contributed by atoms with Crippen LogP contribution in [0.25, 0.3) is 0 Å². The molecule has 0 aliphatic heterocycles. The Morgan fingerprint density at radius 3 is 2.57 bits per heavy atom. The Labute approximate surface area is 134 Å². The summed E-state index contributed by atoms with van der Waals surface area (Å²) in [5, 5.41) is 3.56. The predicted molar refractivity (Wildman–Crippen MR) is 83.8 cm³/mol. The molecule has 0 aliphatic carbocycles. The topological polar surface area (TPSA) is 58.6 Å². The van der Waals surface area contributed by atoms with Crippen LogP contribution in [0.1, 0.15) is 13.3 Å². The fourth-order valence-electron chi connectivity index (χ4n) is 1.67. The first kappa shape index (κ1) is 17.8. The van der Waals surface area contributed by atoms with Gasteiger partial charge in [-0.3, -0.25) is 9.59 Å². The van der Waals surface area contributed by atoms with Crippen LogP contribution in [-0.4, -0.2) is 43.5 Å². The molecular weight excluding hydrogens is 315 g/mol. The number of benzene rings is 1. The molecule has 2 amide bonds. The number of carbonyl (C=O) groups is 2. The predicted octanol–water partition coefficient (Wildman–Crippen LogP) is 2.82. The second-order valence-corrected chi connectivity index (χ2v) is 5.26. The number of nitrogens with zero attached hydrogens (tertiary/aromatic N) is 1. The zero-order chi connectivity index (χ0) is 15.8. The van der Waals surface area contributed by atoms with Crippen LogP contribution in [-0.2, 0) is 14.3 Å². The van der Waals surface area contributed by atoms with Gasteiger partial charge in [0, 0.05) is 38.6 Å². The van der Waals surface area contributed by atoms with Crippen molar-refractivity contribution in [2.75, 3.05) is 32.1 Å². The summed E-state index contributed by atoms with van der Waals surface area (Å²) in [6.45, 7) is 2.68. The third-order valence-electron chi connectivity index (χ3n) is 2.82. The normalized spacial score (nSPS) is 10.3. The van der Waals surface area contributed by atoms with Crippen molar-refractivity contribution >= 4 is 40.7 Å². The zero-order valence-corrected chi connectivity index (χ0v) is 13.5. The van der Waals surface area contributed by atoms with E-state index in [9.17, 15) is 9.59 Å². The number of carbonyl (C=O) groups excluding carboxylic acids is 2. The van der Waals surface area contributed by atoms with Crippen molar-refractivity contribution in [3.8, 4) is 0 Å². The lowest BCUT2D eigenvalue weighted by Crippen LogP contribution is -2.34. The maximum absolute atomic E-state index is 11.9. The Kier molecular flexibility index (Phi) is 7.50. The largest absolute Gasteiger partial charge is 0.383 e. The molecule has 0 saturated carbocycles. The van der Waals surface area contributed by atoms with Crippen LogP contribution in [0.2, 0.25) is 10.0 Å². The Bertz CT molecular complexity index is 509. The maximum Gasteiger partial charge on any atom is 0.226 e. The van der Waals surface area contributed by atoms with E-state index < -0.39 is 0 Å². The molecule has 1 rings (SSSR count). The lowest BCUT2D eigenvalue weighted by atomic mass is 10.3. The van der Waals surface area contributed by atoms with E-state index in [0.717, 1.165) is 0 Å². The highest BCUT2D eigenvalue weighted by Gasteiger charge is 2.12.